The first-order valence-electron chi connectivity index (χ1n) is 5.06. The second kappa shape index (κ2) is 6.48. The molecule has 1 atom stereocenters. The van der Waals surface area contributed by atoms with Crippen molar-refractivity contribution in [3.8, 4) is 0 Å². The predicted octanol–water partition coefficient (Wildman–Crippen LogP) is -1.47. The molecule has 130 valence electrons. The van der Waals surface area contributed by atoms with Crippen molar-refractivity contribution < 1.29 is 62.9 Å². The van der Waals surface area contributed by atoms with Gasteiger partial charge in [-0.3, -0.25) is 23.3 Å². The van der Waals surface area contributed by atoms with Crippen LogP contribution in [0.1, 0.15) is 12.8 Å². The average Bonchev–Trinajstić information content (AvgIpc) is 2.17. The summed E-state index contributed by atoms with van der Waals surface area (Å²) in [5, 5.41) is 10.8. The van der Waals surface area contributed by atoms with Gasteiger partial charge in [-0.25, -0.2) is 0 Å². The minimum atomic E-state index is -5.88. The van der Waals surface area contributed by atoms with Crippen LogP contribution in [0, 0.1) is 0 Å². The van der Waals surface area contributed by atoms with Gasteiger partial charge in [0.1, 0.15) is 0 Å². The van der Waals surface area contributed by atoms with E-state index in [2.05, 4.69) is 0 Å². The Labute approximate surface area is 122 Å². The molecule has 0 saturated heterocycles. The van der Waals surface area contributed by atoms with Crippen LogP contribution < -0.4 is 0 Å². The van der Waals surface area contributed by atoms with Gasteiger partial charge in [0.2, 0.25) is 0 Å². The van der Waals surface area contributed by atoms with E-state index < -0.39 is 58.1 Å². The number of carbonyl (C=O) groups is 2. The van der Waals surface area contributed by atoms with Gasteiger partial charge in [0.25, 0.3) is 0 Å². The monoisotopic (exact) mass is 386 g/mol. The van der Waals surface area contributed by atoms with Crippen molar-refractivity contribution >= 4 is 34.7 Å². The van der Waals surface area contributed by atoms with Gasteiger partial charge in [0.15, 0.2) is 10.6 Å². The maximum atomic E-state index is 11.4. The fraction of sp³-hybridized carbons (Fsp3) is 0.667. The molecule has 0 amide bonds. The molecule has 22 heavy (non-hydrogen) atoms. The van der Waals surface area contributed by atoms with E-state index in [9.17, 15) is 23.3 Å². The zero-order valence-corrected chi connectivity index (χ0v) is 13.1. The molecule has 0 fully saturated rings. The van der Waals surface area contributed by atoms with Gasteiger partial charge in [0.05, 0.1) is 6.42 Å². The number of hydrogen-bond donors (Lipinski definition) is 8. The summed E-state index contributed by atoms with van der Waals surface area (Å²) >= 11 is 0. The Bertz CT molecular complexity index is 571. The van der Waals surface area contributed by atoms with Crippen LogP contribution in [0.15, 0.2) is 0 Å². The van der Waals surface area contributed by atoms with Crippen LogP contribution in [-0.4, -0.2) is 62.1 Å². The van der Waals surface area contributed by atoms with Gasteiger partial charge in [-0.15, -0.1) is 0 Å². The predicted molar refractivity (Wildman–Crippen MR) is 67.2 cm³/mol. The Hall–Kier alpha value is -0.610. The number of aliphatic carboxylic acids is 2. The summed E-state index contributed by atoms with van der Waals surface area (Å²) in [5.74, 6) is -4.52. The molecular formula is C6H13O13P3. The first kappa shape index (κ1) is 21.4. The van der Waals surface area contributed by atoms with Crippen LogP contribution in [0.25, 0.3) is 0 Å². The number of carboxylic acid groups (broad SMARTS) is 2. The summed E-state index contributed by atoms with van der Waals surface area (Å²) in [7, 11) is -17.3. The summed E-state index contributed by atoms with van der Waals surface area (Å²) in [5.41, 5.74) is 0. The second-order valence-electron chi connectivity index (χ2n) is 4.31. The third kappa shape index (κ3) is 4.95. The van der Waals surface area contributed by atoms with Crippen molar-refractivity contribution in [3.63, 3.8) is 0 Å². The Balaban J connectivity index is 6.29. The van der Waals surface area contributed by atoms with E-state index >= 15 is 0 Å². The SMILES string of the molecule is O=C(O)CC(CC(P(=O)(O)O)P(=O)(O)O)(C(=O)O)P(=O)(O)O. The molecule has 0 aliphatic heterocycles. The van der Waals surface area contributed by atoms with E-state index in [-0.39, 0.29) is 0 Å². The van der Waals surface area contributed by atoms with E-state index in [1.54, 1.807) is 0 Å². The summed E-state index contributed by atoms with van der Waals surface area (Å²) < 4.78 is 33.6. The number of rotatable bonds is 8. The molecule has 16 heteroatoms. The molecule has 0 aromatic rings. The highest BCUT2D eigenvalue weighted by atomic mass is 31.2. The first-order valence-corrected chi connectivity index (χ1v) is 10.0. The van der Waals surface area contributed by atoms with E-state index in [4.69, 9.17) is 39.6 Å². The van der Waals surface area contributed by atoms with E-state index in [1.807, 2.05) is 0 Å². The van der Waals surface area contributed by atoms with E-state index in [1.165, 1.54) is 0 Å². The van der Waals surface area contributed by atoms with E-state index in [0.29, 0.717) is 0 Å². The smallest absolute Gasteiger partial charge is 0.343 e. The lowest BCUT2D eigenvalue weighted by molar-refractivity contribution is -0.147. The molecule has 0 heterocycles. The van der Waals surface area contributed by atoms with Crippen molar-refractivity contribution in [3.05, 3.63) is 0 Å². The summed E-state index contributed by atoms with van der Waals surface area (Å²) in [6.07, 6.45) is -3.74. The Morgan fingerprint density at radius 3 is 1.41 bits per heavy atom. The third-order valence-electron chi connectivity index (χ3n) is 2.70. The largest absolute Gasteiger partial charge is 0.481 e. The van der Waals surface area contributed by atoms with Gasteiger partial charge < -0.3 is 39.6 Å². The molecule has 0 spiro atoms. The van der Waals surface area contributed by atoms with Crippen LogP contribution >= 0.6 is 22.8 Å². The van der Waals surface area contributed by atoms with Crippen LogP contribution in [0.2, 0.25) is 0 Å². The summed E-state index contributed by atoms with van der Waals surface area (Å²) in [6, 6.07) is 0. The quantitative estimate of drug-likeness (QED) is 0.222. The molecule has 0 radical (unpaired) electrons. The minimum Gasteiger partial charge on any atom is -0.481 e. The van der Waals surface area contributed by atoms with Crippen LogP contribution in [-0.2, 0) is 23.3 Å². The van der Waals surface area contributed by atoms with Crippen molar-refractivity contribution in [2.45, 2.75) is 23.4 Å². The molecule has 0 aromatic carbocycles. The van der Waals surface area contributed by atoms with Crippen molar-refractivity contribution in [1.82, 2.24) is 0 Å². The zero-order chi connectivity index (χ0) is 18.1. The summed E-state index contributed by atoms with van der Waals surface area (Å²) in [4.78, 5) is 75.5. The van der Waals surface area contributed by atoms with Gasteiger partial charge in [0, 0.05) is 6.42 Å². The topological polar surface area (TPSA) is 247 Å². The standard InChI is InChI=1S/C6H13O13P3/c7-3(8)1-6(5(9)10,22(17,18)19)2-4(20(11,12)13)21(14,15)16/h4H,1-2H2,(H,7,8)(H,9,10)(H2,11,12,13)(H2,14,15,16)(H2,17,18,19). The molecule has 0 aromatic heterocycles. The molecule has 0 saturated carbocycles. The van der Waals surface area contributed by atoms with Crippen molar-refractivity contribution in [2.75, 3.05) is 0 Å². The third-order valence-corrected chi connectivity index (χ3v) is 8.07. The van der Waals surface area contributed by atoms with Crippen LogP contribution in [0.5, 0.6) is 0 Å². The Kier molecular flexibility index (Phi) is 6.30. The van der Waals surface area contributed by atoms with Gasteiger partial charge in [-0.2, -0.15) is 0 Å². The highest BCUT2D eigenvalue weighted by molar-refractivity contribution is 7.71. The molecule has 0 aliphatic rings. The van der Waals surface area contributed by atoms with Gasteiger partial charge >= 0.3 is 34.7 Å². The van der Waals surface area contributed by atoms with E-state index in [0.717, 1.165) is 0 Å². The minimum absolute atomic E-state index is 1.80. The molecular weight excluding hydrogens is 373 g/mol. The molecule has 0 aliphatic carbocycles. The Morgan fingerprint density at radius 1 is 0.864 bits per heavy atom. The number of hydrogen-bond acceptors (Lipinski definition) is 5. The van der Waals surface area contributed by atoms with Crippen molar-refractivity contribution in [2.24, 2.45) is 0 Å². The van der Waals surface area contributed by atoms with Gasteiger partial charge in [-0.1, -0.05) is 0 Å². The fourth-order valence-corrected chi connectivity index (χ4v) is 5.53. The maximum absolute atomic E-state index is 11.4. The normalized spacial score (nSPS) is 16.3. The second-order valence-corrected chi connectivity index (χ2v) is 10.3. The highest BCUT2D eigenvalue weighted by Crippen LogP contribution is 2.67. The van der Waals surface area contributed by atoms with Crippen LogP contribution in [0.4, 0.5) is 0 Å². The molecule has 8 N–H and O–H groups in total. The average molecular weight is 386 g/mol. The summed E-state index contributed by atoms with van der Waals surface area (Å²) in [6.45, 7) is 0. The molecule has 13 nitrogen and oxygen atoms in total. The first-order chi connectivity index (χ1) is 9.45. The lowest BCUT2D eigenvalue weighted by Gasteiger charge is -2.32. The maximum Gasteiger partial charge on any atom is 0.343 e. The molecule has 0 bridgehead atoms. The highest BCUT2D eigenvalue weighted by Gasteiger charge is 2.61. The van der Waals surface area contributed by atoms with Crippen LogP contribution in [0.3, 0.4) is 0 Å². The lowest BCUT2D eigenvalue weighted by Crippen LogP contribution is -2.43. The zero-order valence-electron chi connectivity index (χ0n) is 10.5. The van der Waals surface area contributed by atoms with Crippen molar-refractivity contribution in [1.29, 1.82) is 0 Å². The fourth-order valence-electron chi connectivity index (χ4n) is 1.57. The molecule has 1 unspecified atom stereocenters. The van der Waals surface area contributed by atoms with Gasteiger partial charge in [-0.05, 0) is 0 Å². The number of carboxylic acids is 2. The molecule has 0 rings (SSSR count). The lowest BCUT2D eigenvalue weighted by atomic mass is 10.0. The Morgan fingerprint density at radius 2 is 1.23 bits per heavy atom.